The molecule has 0 atom stereocenters. The molecule has 2 aromatic carbocycles. The van der Waals surface area contributed by atoms with Crippen LogP contribution in [0.25, 0.3) is 30.6 Å². The van der Waals surface area contributed by atoms with Crippen molar-refractivity contribution in [2.24, 2.45) is 0 Å². The number of hydrogen-bond donors (Lipinski definition) is 0. The van der Waals surface area contributed by atoms with Gasteiger partial charge in [0.2, 0.25) is 0 Å². The Labute approximate surface area is 113 Å². The fraction of sp³-hybridized carbons (Fsp3) is 0. The van der Waals surface area contributed by atoms with Crippen molar-refractivity contribution in [1.29, 1.82) is 0 Å². The number of thiophene rings is 2. The van der Waals surface area contributed by atoms with Crippen molar-refractivity contribution in [1.82, 2.24) is 0 Å². The minimum absolute atomic E-state index is 1.32. The molecule has 2 heteroatoms. The zero-order valence-corrected chi connectivity index (χ0v) is 11.2. The van der Waals surface area contributed by atoms with Gasteiger partial charge in [-0.15, -0.1) is 22.7 Å². The maximum absolute atomic E-state index is 2.30. The van der Waals surface area contributed by atoms with Crippen molar-refractivity contribution in [2.45, 2.75) is 0 Å². The van der Waals surface area contributed by atoms with Crippen LogP contribution in [0.5, 0.6) is 0 Å². The zero-order valence-electron chi connectivity index (χ0n) is 9.59. The summed E-state index contributed by atoms with van der Waals surface area (Å²) in [5.74, 6) is 0. The Kier molecular flexibility index (Phi) is 2.25. The summed E-state index contributed by atoms with van der Waals surface area (Å²) in [4.78, 5) is 2.73. The van der Waals surface area contributed by atoms with E-state index in [2.05, 4.69) is 60.0 Å². The maximum atomic E-state index is 2.30. The Balaban J connectivity index is 2.02. The predicted molar refractivity (Wildman–Crippen MR) is 82.6 cm³/mol. The molecule has 0 aliphatic rings. The number of hydrogen-bond acceptors (Lipinski definition) is 2. The van der Waals surface area contributed by atoms with Crippen LogP contribution in [0.15, 0.2) is 60.0 Å². The molecule has 0 spiro atoms. The number of rotatable bonds is 1. The molecular weight excluding hydrogens is 256 g/mol. The van der Waals surface area contributed by atoms with Crippen molar-refractivity contribution in [2.75, 3.05) is 0 Å². The van der Waals surface area contributed by atoms with Crippen LogP contribution in [-0.2, 0) is 0 Å². The van der Waals surface area contributed by atoms with E-state index in [9.17, 15) is 0 Å². The van der Waals surface area contributed by atoms with E-state index in [1.165, 1.54) is 30.6 Å². The van der Waals surface area contributed by atoms with Crippen LogP contribution < -0.4 is 0 Å². The lowest BCUT2D eigenvalue weighted by Crippen LogP contribution is -1.70. The average Bonchev–Trinajstić information content (AvgIpc) is 3.04. The Morgan fingerprint density at radius 2 is 1.50 bits per heavy atom. The van der Waals surface area contributed by atoms with Crippen molar-refractivity contribution < 1.29 is 0 Å². The molecule has 0 amide bonds. The number of fused-ring (bicyclic) bond motifs is 2. The summed E-state index contributed by atoms with van der Waals surface area (Å²) in [7, 11) is 0. The van der Waals surface area contributed by atoms with E-state index in [4.69, 9.17) is 0 Å². The third-order valence-corrected chi connectivity index (χ3v) is 5.31. The highest BCUT2D eigenvalue weighted by atomic mass is 32.1. The highest BCUT2D eigenvalue weighted by molar-refractivity contribution is 7.25. The van der Waals surface area contributed by atoms with Gasteiger partial charge in [0.1, 0.15) is 0 Å². The van der Waals surface area contributed by atoms with Crippen molar-refractivity contribution in [3.8, 4) is 9.75 Å². The van der Waals surface area contributed by atoms with E-state index < -0.39 is 0 Å². The molecule has 86 valence electrons. The molecule has 0 N–H and O–H groups in total. The van der Waals surface area contributed by atoms with Crippen LogP contribution >= 0.6 is 22.7 Å². The second kappa shape index (κ2) is 3.94. The van der Waals surface area contributed by atoms with Gasteiger partial charge in [0.15, 0.2) is 0 Å². The van der Waals surface area contributed by atoms with E-state index in [0.29, 0.717) is 0 Å². The molecule has 18 heavy (non-hydrogen) atoms. The molecule has 0 unspecified atom stereocenters. The van der Waals surface area contributed by atoms with Gasteiger partial charge in [0.05, 0.1) is 0 Å². The largest absolute Gasteiger partial charge is 0.143 e. The molecule has 0 nitrogen and oxygen atoms in total. The Morgan fingerprint density at radius 3 is 2.28 bits per heavy atom. The summed E-state index contributed by atoms with van der Waals surface area (Å²) >= 11 is 3.69. The van der Waals surface area contributed by atoms with Crippen molar-refractivity contribution in [3.63, 3.8) is 0 Å². The monoisotopic (exact) mass is 266 g/mol. The van der Waals surface area contributed by atoms with Gasteiger partial charge >= 0.3 is 0 Å². The molecule has 4 rings (SSSR count). The molecule has 0 radical (unpaired) electrons. The van der Waals surface area contributed by atoms with Gasteiger partial charge in [-0.25, -0.2) is 0 Å². The molecule has 0 aliphatic heterocycles. The van der Waals surface area contributed by atoms with E-state index in [1.54, 1.807) is 11.3 Å². The molecular formula is C16H10S2. The normalized spacial score (nSPS) is 11.3. The highest BCUT2D eigenvalue weighted by Gasteiger charge is 2.06. The summed E-state index contributed by atoms with van der Waals surface area (Å²) in [6.07, 6.45) is 0. The second-order valence-electron chi connectivity index (χ2n) is 4.33. The van der Waals surface area contributed by atoms with Crippen LogP contribution in [0.2, 0.25) is 0 Å². The molecule has 0 fully saturated rings. The summed E-state index contributed by atoms with van der Waals surface area (Å²) in [5, 5.41) is 6.13. The third-order valence-electron chi connectivity index (χ3n) is 3.15. The molecule has 2 aromatic heterocycles. The summed E-state index contributed by atoms with van der Waals surface area (Å²) < 4.78 is 1.37. The van der Waals surface area contributed by atoms with Gasteiger partial charge in [-0.1, -0.05) is 30.3 Å². The van der Waals surface area contributed by atoms with Gasteiger partial charge in [0.25, 0.3) is 0 Å². The van der Waals surface area contributed by atoms with E-state index in [0.717, 1.165) is 0 Å². The summed E-state index contributed by atoms with van der Waals surface area (Å²) in [5.41, 5.74) is 0. The molecule has 0 saturated heterocycles. The van der Waals surface area contributed by atoms with Crippen LogP contribution in [0.3, 0.4) is 0 Å². The predicted octanol–water partition coefficient (Wildman–Crippen LogP) is 5.78. The Hall–Kier alpha value is -1.64. The molecule has 0 saturated carbocycles. The third kappa shape index (κ3) is 1.57. The smallest absolute Gasteiger partial charge is 0.0455 e. The lowest BCUT2D eigenvalue weighted by Gasteiger charge is -1.96. The van der Waals surface area contributed by atoms with Gasteiger partial charge in [-0.05, 0) is 45.8 Å². The fourth-order valence-electron chi connectivity index (χ4n) is 2.27. The Morgan fingerprint density at radius 1 is 0.667 bits per heavy atom. The fourth-order valence-corrected chi connectivity index (χ4v) is 4.19. The standard InChI is InChI=1S/C16H10S2/c1-2-5-12-9-15-13(8-11(12)4-1)10-16(18-15)14-6-3-7-17-14/h1-10H. The Bertz CT molecular complexity index is 770. The molecule has 0 bridgehead atoms. The van der Waals surface area contributed by atoms with Crippen LogP contribution in [0.4, 0.5) is 0 Å². The number of benzene rings is 2. The van der Waals surface area contributed by atoms with Crippen LogP contribution in [0, 0.1) is 0 Å². The first-order valence-electron chi connectivity index (χ1n) is 5.86. The van der Waals surface area contributed by atoms with Gasteiger partial charge in [-0.2, -0.15) is 0 Å². The average molecular weight is 266 g/mol. The minimum Gasteiger partial charge on any atom is -0.143 e. The van der Waals surface area contributed by atoms with Crippen molar-refractivity contribution >= 4 is 43.5 Å². The first-order valence-corrected chi connectivity index (χ1v) is 7.56. The molecule has 0 aliphatic carbocycles. The zero-order chi connectivity index (χ0) is 11.9. The van der Waals surface area contributed by atoms with E-state index in [-0.39, 0.29) is 0 Å². The maximum Gasteiger partial charge on any atom is 0.0455 e. The lowest BCUT2D eigenvalue weighted by atomic mass is 10.1. The van der Waals surface area contributed by atoms with Crippen LogP contribution in [-0.4, -0.2) is 0 Å². The lowest BCUT2D eigenvalue weighted by molar-refractivity contribution is 1.81. The first kappa shape index (κ1) is 10.3. The second-order valence-corrected chi connectivity index (χ2v) is 6.36. The quantitative estimate of drug-likeness (QED) is 0.409. The first-order chi connectivity index (χ1) is 8.90. The van der Waals surface area contributed by atoms with Gasteiger partial charge in [-0.3, -0.25) is 0 Å². The van der Waals surface area contributed by atoms with E-state index in [1.807, 2.05) is 11.3 Å². The van der Waals surface area contributed by atoms with Gasteiger partial charge in [0, 0.05) is 14.5 Å². The van der Waals surface area contributed by atoms with E-state index >= 15 is 0 Å². The van der Waals surface area contributed by atoms with Crippen molar-refractivity contribution in [3.05, 3.63) is 60.0 Å². The molecule has 2 heterocycles. The topological polar surface area (TPSA) is 0 Å². The molecule has 4 aromatic rings. The minimum atomic E-state index is 1.32. The van der Waals surface area contributed by atoms with Gasteiger partial charge < -0.3 is 0 Å². The summed E-state index contributed by atoms with van der Waals surface area (Å²) in [6, 6.07) is 19.7. The summed E-state index contributed by atoms with van der Waals surface area (Å²) in [6.45, 7) is 0. The van der Waals surface area contributed by atoms with Crippen LogP contribution in [0.1, 0.15) is 0 Å². The SMILES string of the molecule is c1csc(-c2cc3cc4ccccc4cc3s2)c1. The highest BCUT2D eigenvalue weighted by Crippen LogP contribution is 2.37.